The molecule has 82 valence electrons. The summed E-state index contributed by atoms with van der Waals surface area (Å²) in [7, 11) is 0. The molecule has 0 aromatic carbocycles. The average Bonchev–Trinajstić information content (AvgIpc) is 2.76. The Labute approximate surface area is 102 Å². The first-order valence-corrected chi connectivity index (χ1v) is 6.00. The fraction of sp³-hybridized carbons (Fsp3) is 0.273. The number of hydrogen-bond donors (Lipinski definition) is 2. The Kier molecular flexibility index (Phi) is 2.49. The predicted octanol–water partition coefficient (Wildman–Crippen LogP) is 1.80. The van der Waals surface area contributed by atoms with E-state index in [0.717, 1.165) is 28.7 Å². The molecule has 0 saturated carbocycles. The summed E-state index contributed by atoms with van der Waals surface area (Å²) in [6.45, 7) is 0.965. The van der Waals surface area contributed by atoms with Gasteiger partial charge in [-0.2, -0.15) is 0 Å². The second-order valence-corrected chi connectivity index (χ2v) is 4.76. The van der Waals surface area contributed by atoms with Gasteiger partial charge in [0.2, 0.25) is 0 Å². The molecule has 0 aliphatic carbocycles. The lowest BCUT2D eigenvalue weighted by Gasteiger charge is -2.23. The van der Waals surface area contributed by atoms with Crippen molar-refractivity contribution in [1.82, 2.24) is 20.3 Å². The first-order valence-electron chi connectivity index (χ1n) is 5.20. The molecule has 2 aromatic rings. The third-order valence-corrected chi connectivity index (χ3v) is 3.24. The molecule has 1 atom stereocenters. The van der Waals surface area contributed by atoms with Gasteiger partial charge in [-0.15, -0.1) is 0 Å². The van der Waals surface area contributed by atoms with E-state index in [0.29, 0.717) is 0 Å². The number of nitrogens with one attached hydrogen (secondary N) is 2. The van der Waals surface area contributed by atoms with Crippen LogP contribution in [0.3, 0.4) is 0 Å². The Morgan fingerprint density at radius 2 is 2.31 bits per heavy atom. The zero-order chi connectivity index (χ0) is 11.0. The zero-order valence-corrected chi connectivity index (χ0v) is 10.2. The highest BCUT2D eigenvalue weighted by Crippen LogP contribution is 2.26. The number of halogens is 1. The van der Waals surface area contributed by atoms with Crippen LogP contribution in [0.2, 0.25) is 0 Å². The lowest BCUT2D eigenvalue weighted by Crippen LogP contribution is -2.30. The van der Waals surface area contributed by atoms with E-state index < -0.39 is 0 Å². The van der Waals surface area contributed by atoms with Crippen LogP contribution in [0.4, 0.5) is 0 Å². The van der Waals surface area contributed by atoms with Crippen molar-refractivity contribution < 1.29 is 0 Å². The summed E-state index contributed by atoms with van der Waals surface area (Å²) < 4.78 is 0.995. The maximum Gasteiger partial charge on any atom is 0.0926 e. The molecule has 0 saturated heterocycles. The van der Waals surface area contributed by atoms with Crippen LogP contribution in [-0.2, 0) is 6.42 Å². The van der Waals surface area contributed by atoms with Gasteiger partial charge in [0, 0.05) is 35.5 Å². The van der Waals surface area contributed by atoms with Gasteiger partial charge < -0.3 is 10.3 Å². The lowest BCUT2D eigenvalue weighted by atomic mass is 10.00. The number of pyridine rings is 1. The Morgan fingerprint density at radius 3 is 3.19 bits per heavy atom. The van der Waals surface area contributed by atoms with Gasteiger partial charge in [-0.1, -0.05) is 0 Å². The molecule has 3 rings (SSSR count). The molecule has 16 heavy (non-hydrogen) atoms. The monoisotopic (exact) mass is 278 g/mol. The number of H-pyrrole nitrogens is 1. The molecule has 4 nitrogen and oxygen atoms in total. The van der Waals surface area contributed by atoms with Gasteiger partial charge in [-0.3, -0.25) is 4.98 Å². The van der Waals surface area contributed by atoms with Gasteiger partial charge >= 0.3 is 0 Å². The third kappa shape index (κ3) is 1.66. The highest BCUT2D eigenvalue weighted by Gasteiger charge is 2.23. The molecule has 2 N–H and O–H groups in total. The number of nitrogens with zero attached hydrogens (tertiary/aromatic N) is 2. The molecule has 3 heterocycles. The maximum absolute atomic E-state index is 4.38. The van der Waals surface area contributed by atoms with E-state index in [9.17, 15) is 0 Å². The Balaban J connectivity index is 2.04. The topological polar surface area (TPSA) is 53.6 Å². The minimum Gasteiger partial charge on any atom is -0.348 e. The molecular weight excluding hydrogens is 268 g/mol. The summed E-state index contributed by atoms with van der Waals surface area (Å²) in [5.74, 6) is 0. The van der Waals surface area contributed by atoms with Crippen molar-refractivity contribution in [3.8, 4) is 0 Å². The van der Waals surface area contributed by atoms with E-state index in [2.05, 4.69) is 42.3 Å². The fourth-order valence-electron chi connectivity index (χ4n) is 2.08. The molecule has 0 spiro atoms. The van der Waals surface area contributed by atoms with Gasteiger partial charge in [-0.25, -0.2) is 4.98 Å². The smallest absolute Gasteiger partial charge is 0.0926 e. The van der Waals surface area contributed by atoms with Crippen LogP contribution in [0.15, 0.2) is 29.3 Å². The summed E-state index contributed by atoms with van der Waals surface area (Å²) >= 11 is 3.44. The quantitative estimate of drug-likeness (QED) is 0.837. The van der Waals surface area contributed by atoms with Gasteiger partial charge in [0.1, 0.15) is 0 Å². The van der Waals surface area contributed by atoms with Crippen molar-refractivity contribution in [2.75, 3.05) is 6.54 Å². The van der Waals surface area contributed by atoms with Gasteiger partial charge in [-0.05, 0) is 27.6 Å². The summed E-state index contributed by atoms with van der Waals surface area (Å²) in [5, 5.41) is 3.46. The van der Waals surface area contributed by atoms with E-state index in [4.69, 9.17) is 0 Å². The number of fused-ring (bicyclic) bond motifs is 1. The first kappa shape index (κ1) is 9.99. The molecule has 0 radical (unpaired) electrons. The number of rotatable bonds is 1. The van der Waals surface area contributed by atoms with Crippen LogP contribution in [0.5, 0.6) is 0 Å². The van der Waals surface area contributed by atoms with Crippen molar-refractivity contribution in [2.45, 2.75) is 12.5 Å². The molecule has 2 aromatic heterocycles. The number of aromatic amines is 1. The second-order valence-electron chi connectivity index (χ2n) is 3.84. The Morgan fingerprint density at radius 1 is 1.38 bits per heavy atom. The number of aromatic nitrogens is 3. The van der Waals surface area contributed by atoms with Gasteiger partial charge in [0.15, 0.2) is 0 Å². The van der Waals surface area contributed by atoms with Crippen LogP contribution in [0, 0.1) is 0 Å². The normalized spacial score (nSPS) is 19.4. The number of imidazole rings is 1. The predicted molar refractivity (Wildman–Crippen MR) is 64.1 cm³/mol. The van der Waals surface area contributed by atoms with E-state index in [-0.39, 0.29) is 6.04 Å². The SMILES string of the molecule is Brc1cncc(C2NCCc3[nH]cnc32)c1. The first-order chi connectivity index (χ1) is 7.84. The molecule has 1 aliphatic heterocycles. The molecule has 5 heteroatoms. The summed E-state index contributed by atoms with van der Waals surface area (Å²) in [6, 6.07) is 2.23. The van der Waals surface area contributed by atoms with Crippen molar-refractivity contribution in [2.24, 2.45) is 0 Å². The summed E-state index contributed by atoms with van der Waals surface area (Å²) in [6.07, 6.45) is 6.44. The maximum atomic E-state index is 4.38. The van der Waals surface area contributed by atoms with Crippen LogP contribution in [0.1, 0.15) is 23.0 Å². The summed E-state index contributed by atoms with van der Waals surface area (Å²) in [5.41, 5.74) is 3.46. The van der Waals surface area contributed by atoms with E-state index in [1.807, 2.05) is 6.20 Å². The molecule has 0 fully saturated rings. The minimum absolute atomic E-state index is 0.153. The van der Waals surface area contributed by atoms with Crippen LogP contribution in [-0.4, -0.2) is 21.5 Å². The largest absolute Gasteiger partial charge is 0.348 e. The molecule has 1 unspecified atom stereocenters. The highest BCUT2D eigenvalue weighted by atomic mass is 79.9. The van der Waals surface area contributed by atoms with E-state index >= 15 is 0 Å². The third-order valence-electron chi connectivity index (χ3n) is 2.81. The van der Waals surface area contributed by atoms with Crippen molar-refractivity contribution >= 4 is 15.9 Å². The Bertz CT molecular complexity index is 508. The van der Waals surface area contributed by atoms with Crippen LogP contribution in [0.25, 0.3) is 0 Å². The lowest BCUT2D eigenvalue weighted by molar-refractivity contribution is 0.552. The minimum atomic E-state index is 0.153. The van der Waals surface area contributed by atoms with Crippen molar-refractivity contribution in [1.29, 1.82) is 0 Å². The molecule has 0 amide bonds. The van der Waals surface area contributed by atoms with Gasteiger partial charge in [0.25, 0.3) is 0 Å². The molecule has 1 aliphatic rings. The number of hydrogen-bond acceptors (Lipinski definition) is 3. The van der Waals surface area contributed by atoms with Crippen LogP contribution >= 0.6 is 15.9 Å². The van der Waals surface area contributed by atoms with Gasteiger partial charge in [0.05, 0.1) is 18.1 Å². The van der Waals surface area contributed by atoms with Crippen LogP contribution < -0.4 is 5.32 Å². The average molecular weight is 279 g/mol. The molecule has 0 bridgehead atoms. The molecular formula is C11H11BrN4. The standard InChI is InChI=1S/C11H11BrN4/c12-8-3-7(4-13-5-8)10-11-9(1-2-14-10)15-6-16-11/h3-6,10,14H,1-2H2,(H,15,16). The highest BCUT2D eigenvalue weighted by molar-refractivity contribution is 9.10. The van der Waals surface area contributed by atoms with Crippen molar-refractivity contribution in [3.63, 3.8) is 0 Å². The van der Waals surface area contributed by atoms with E-state index in [1.165, 1.54) is 5.69 Å². The second kappa shape index (κ2) is 3.99. The zero-order valence-electron chi connectivity index (χ0n) is 8.57. The Hall–Kier alpha value is -1.20. The fourth-order valence-corrected chi connectivity index (χ4v) is 2.46. The summed E-state index contributed by atoms with van der Waals surface area (Å²) in [4.78, 5) is 11.8. The van der Waals surface area contributed by atoms with E-state index in [1.54, 1.807) is 12.5 Å². The van der Waals surface area contributed by atoms with Crippen molar-refractivity contribution in [3.05, 3.63) is 46.2 Å².